The maximum Gasteiger partial charge on any atom is 0.141 e. The number of halogens is 2. The summed E-state index contributed by atoms with van der Waals surface area (Å²) in [5.74, 6) is 2.12. The molecule has 3 nitrogen and oxygen atoms in total. The van der Waals surface area contributed by atoms with E-state index in [-0.39, 0.29) is 16.5 Å². The second-order valence-corrected chi connectivity index (χ2v) is 8.72. The number of ether oxygens (including phenoxy) is 1. The van der Waals surface area contributed by atoms with E-state index in [9.17, 15) is 9.50 Å². The fourth-order valence-corrected chi connectivity index (χ4v) is 6.26. The lowest BCUT2D eigenvalue weighted by molar-refractivity contribution is -0.0119. The molecule has 0 aliphatic carbocycles. The lowest BCUT2D eigenvalue weighted by Gasteiger charge is -2.40. The zero-order valence-electron chi connectivity index (χ0n) is 10.5. The third-order valence-electron chi connectivity index (χ3n) is 3.55. The number of fused-ring (bicyclic) bond motifs is 2. The van der Waals surface area contributed by atoms with Crippen LogP contribution in [0, 0.1) is 5.82 Å². The van der Waals surface area contributed by atoms with Crippen molar-refractivity contribution in [2.45, 2.75) is 22.7 Å². The second kappa shape index (κ2) is 5.68. The third-order valence-corrected chi connectivity index (χ3v) is 7.65. The summed E-state index contributed by atoms with van der Waals surface area (Å²) in [7, 11) is 0. The first kappa shape index (κ1) is 15.0. The van der Waals surface area contributed by atoms with E-state index in [1.807, 2.05) is 0 Å². The topological polar surface area (TPSA) is 49.7 Å². The van der Waals surface area contributed by atoms with Gasteiger partial charge in [-0.3, -0.25) is 0 Å². The third kappa shape index (κ3) is 2.47. The van der Waals surface area contributed by atoms with Crippen LogP contribution in [0.15, 0.2) is 16.6 Å². The molecule has 3 rings (SSSR count). The summed E-state index contributed by atoms with van der Waals surface area (Å²) in [6.45, 7) is -0.357. The highest BCUT2D eigenvalue weighted by Crippen LogP contribution is 2.60. The normalized spacial score (nSPS) is 25.3. The quantitative estimate of drug-likeness (QED) is 0.825. The molecule has 0 aromatic heterocycles. The molecule has 0 saturated carbocycles. The van der Waals surface area contributed by atoms with E-state index in [1.165, 1.54) is 6.07 Å². The van der Waals surface area contributed by atoms with Crippen LogP contribution < -0.4 is 4.74 Å². The van der Waals surface area contributed by atoms with Gasteiger partial charge in [0.25, 0.3) is 0 Å². The SMILES string of the molecule is OC[C@H](O)[C@H]1CC2(SCCS2)c2cc(Br)c(F)cc2O1. The average Bonchev–Trinajstić information content (AvgIpc) is 2.89. The minimum Gasteiger partial charge on any atom is -0.487 e. The van der Waals surface area contributed by atoms with Gasteiger partial charge in [-0.05, 0) is 22.0 Å². The Morgan fingerprint density at radius 2 is 2.15 bits per heavy atom. The molecule has 2 heterocycles. The summed E-state index contributed by atoms with van der Waals surface area (Å²) in [5.41, 5.74) is 0.958. The summed E-state index contributed by atoms with van der Waals surface area (Å²) in [6.07, 6.45) is -0.852. The van der Waals surface area contributed by atoms with Gasteiger partial charge in [0.15, 0.2) is 0 Å². The van der Waals surface area contributed by atoms with Gasteiger partial charge in [-0.25, -0.2) is 4.39 Å². The van der Waals surface area contributed by atoms with E-state index >= 15 is 0 Å². The molecule has 2 aliphatic heterocycles. The van der Waals surface area contributed by atoms with Crippen molar-refractivity contribution >= 4 is 39.5 Å². The van der Waals surface area contributed by atoms with Gasteiger partial charge in [0, 0.05) is 29.6 Å². The smallest absolute Gasteiger partial charge is 0.141 e. The van der Waals surface area contributed by atoms with Crippen molar-refractivity contribution < 1.29 is 19.3 Å². The lowest BCUT2D eigenvalue weighted by Crippen LogP contribution is -2.42. The average molecular weight is 381 g/mol. The highest BCUT2D eigenvalue weighted by molar-refractivity contribution is 9.10. The lowest BCUT2D eigenvalue weighted by atomic mass is 9.98. The number of aliphatic hydroxyl groups is 2. The van der Waals surface area contributed by atoms with Crippen LogP contribution in [-0.4, -0.2) is 40.5 Å². The Kier molecular flexibility index (Phi) is 4.25. The predicted octanol–water partition coefficient (Wildman–Crippen LogP) is 2.73. The summed E-state index contributed by atoms with van der Waals surface area (Å²) < 4.78 is 19.7. The molecule has 1 aromatic carbocycles. The van der Waals surface area contributed by atoms with Crippen LogP contribution in [-0.2, 0) is 4.08 Å². The van der Waals surface area contributed by atoms with Gasteiger partial charge in [-0.2, -0.15) is 0 Å². The Morgan fingerprint density at radius 3 is 2.80 bits per heavy atom. The maximum atomic E-state index is 13.7. The molecule has 20 heavy (non-hydrogen) atoms. The molecule has 2 atom stereocenters. The molecule has 1 spiro atoms. The molecule has 1 aromatic rings. The van der Waals surface area contributed by atoms with E-state index in [0.29, 0.717) is 16.6 Å². The predicted molar refractivity (Wildman–Crippen MR) is 82.8 cm³/mol. The van der Waals surface area contributed by atoms with Crippen LogP contribution in [0.2, 0.25) is 0 Å². The van der Waals surface area contributed by atoms with E-state index in [0.717, 1.165) is 17.1 Å². The minimum absolute atomic E-state index is 0.218. The zero-order chi connectivity index (χ0) is 14.3. The standard InChI is InChI=1S/C13H14BrFO3S2/c14-8-3-7-11(4-9(8)15)18-12(10(17)6-16)5-13(7)19-1-2-20-13/h3-4,10,12,16-17H,1-2,5-6H2/t10-,12+/m0/s1. The highest BCUT2D eigenvalue weighted by atomic mass is 79.9. The Morgan fingerprint density at radius 1 is 1.45 bits per heavy atom. The summed E-state index contributed by atoms with van der Waals surface area (Å²) in [4.78, 5) is 0. The first-order valence-corrected chi connectivity index (χ1v) is 9.05. The number of hydrogen-bond acceptors (Lipinski definition) is 5. The van der Waals surface area contributed by atoms with E-state index in [4.69, 9.17) is 9.84 Å². The Bertz CT molecular complexity index is 523. The zero-order valence-corrected chi connectivity index (χ0v) is 13.7. The Balaban J connectivity index is 2.06. The van der Waals surface area contributed by atoms with Crippen molar-refractivity contribution in [1.29, 1.82) is 0 Å². The number of benzene rings is 1. The summed E-state index contributed by atoms with van der Waals surface area (Å²) in [6, 6.07) is 3.13. The number of aliphatic hydroxyl groups excluding tert-OH is 2. The van der Waals surface area contributed by atoms with Crippen LogP contribution in [0.25, 0.3) is 0 Å². The minimum atomic E-state index is -0.950. The van der Waals surface area contributed by atoms with Gasteiger partial charge in [0.2, 0.25) is 0 Å². The van der Waals surface area contributed by atoms with Gasteiger partial charge < -0.3 is 14.9 Å². The van der Waals surface area contributed by atoms with Crippen molar-refractivity contribution in [2.75, 3.05) is 18.1 Å². The van der Waals surface area contributed by atoms with Gasteiger partial charge >= 0.3 is 0 Å². The van der Waals surface area contributed by atoms with Gasteiger partial charge in [-0.1, -0.05) is 0 Å². The van der Waals surface area contributed by atoms with Crippen molar-refractivity contribution in [3.63, 3.8) is 0 Å². The van der Waals surface area contributed by atoms with Crippen LogP contribution in [0.4, 0.5) is 4.39 Å². The van der Waals surface area contributed by atoms with E-state index in [2.05, 4.69) is 15.9 Å². The molecule has 7 heteroatoms. The molecule has 0 bridgehead atoms. The molecular formula is C13H14BrFO3S2. The maximum absolute atomic E-state index is 13.7. The van der Waals surface area contributed by atoms with Gasteiger partial charge in [0.1, 0.15) is 23.8 Å². The van der Waals surface area contributed by atoms with Crippen LogP contribution in [0.3, 0.4) is 0 Å². The van der Waals surface area contributed by atoms with Crippen molar-refractivity contribution in [3.05, 3.63) is 28.0 Å². The van der Waals surface area contributed by atoms with Gasteiger partial charge in [-0.15, -0.1) is 23.5 Å². The Hall–Kier alpha value is 0.0500. The molecule has 0 unspecified atom stereocenters. The molecule has 2 N–H and O–H groups in total. The second-order valence-electron chi connectivity index (χ2n) is 4.82. The molecule has 1 fully saturated rings. The monoisotopic (exact) mass is 380 g/mol. The molecule has 0 amide bonds. The van der Waals surface area contributed by atoms with Crippen molar-refractivity contribution in [1.82, 2.24) is 0 Å². The first-order chi connectivity index (χ1) is 9.55. The van der Waals surface area contributed by atoms with Crippen molar-refractivity contribution in [2.24, 2.45) is 0 Å². The number of rotatable bonds is 2. The fraction of sp³-hybridized carbons (Fsp3) is 0.538. The molecular weight excluding hydrogens is 367 g/mol. The first-order valence-electron chi connectivity index (χ1n) is 6.29. The molecule has 0 radical (unpaired) electrons. The molecule has 110 valence electrons. The van der Waals surface area contributed by atoms with Crippen LogP contribution in [0.1, 0.15) is 12.0 Å². The highest BCUT2D eigenvalue weighted by Gasteiger charge is 2.47. The van der Waals surface area contributed by atoms with E-state index in [1.54, 1.807) is 29.6 Å². The Labute approximate surface area is 133 Å². The summed E-state index contributed by atoms with van der Waals surface area (Å²) in [5, 5.41) is 19.0. The van der Waals surface area contributed by atoms with Crippen LogP contribution >= 0.6 is 39.5 Å². The number of hydrogen-bond donors (Lipinski definition) is 2. The van der Waals surface area contributed by atoms with Crippen molar-refractivity contribution in [3.8, 4) is 5.75 Å². The van der Waals surface area contributed by atoms with E-state index < -0.39 is 12.2 Å². The summed E-state index contributed by atoms with van der Waals surface area (Å²) >= 11 is 6.83. The molecule has 1 saturated heterocycles. The van der Waals surface area contributed by atoms with Crippen LogP contribution in [0.5, 0.6) is 5.75 Å². The van der Waals surface area contributed by atoms with Gasteiger partial charge in [0.05, 0.1) is 15.2 Å². The molecule has 2 aliphatic rings. The number of thioether (sulfide) groups is 2. The fourth-order valence-electron chi connectivity index (χ4n) is 2.56. The largest absolute Gasteiger partial charge is 0.487 e.